The van der Waals surface area contributed by atoms with Gasteiger partial charge in [-0.3, -0.25) is 4.79 Å². The van der Waals surface area contributed by atoms with Crippen molar-refractivity contribution in [2.75, 3.05) is 19.8 Å². The minimum atomic E-state index is -0.111. The summed E-state index contributed by atoms with van der Waals surface area (Å²) < 4.78 is 5.54. The van der Waals surface area contributed by atoms with E-state index in [4.69, 9.17) is 4.74 Å². The molecule has 3 heteroatoms. The molecule has 18 heavy (non-hydrogen) atoms. The largest absolute Gasteiger partial charge is 0.381 e. The third kappa shape index (κ3) is 6.86. The van der Waals surface area contributed by atoms with Crippen LogP contribution in [0.4, 0.5) is 0 Å². The van der Waals surface area contributed by atoms with Crippen LogP contribution < -0.4 is 5.32 Å². The number of benzene rings is 1. The minimum absolute atomic E-state index is 0.111. The molecule has 0 saturated heterocycles. The van der Waals surface area contributed by atoms with Gasteiger partial charge in [-0.05, 0) is 30.9 Å². The number of unbranched alkanes of at least 4 members (excludes halogenated alkanes) is 1. The van der Waals surface area contributed by atoms with E-state index < -0.39 is 0 Å². The van der Waals surface area contributed by atoms with E-state index in [2.05, 4.69) is 24.0 Å². The average molecular weight is 247 g/mol. The van der Waals surface area contributed by atoms with Gasteiger partial charge in [0.2, 0.25) is 5.91 Å². The lowest BCUT2D eigenvalue weighted by Crippen LogP contribution is -2.22. The van der Waals surface area contributed by atoms with Crippen molar-refractivity contribution in [3.8, 4) is 0 Å². The van der Waals surface area contributed by atoms with Crippen LogP contribution in [0.3, 0.4) is 0 Å². The van der Waals surface area contributed by atoms with Crippen molar-refractivity contribution in [3.63, 3.8) is 0 Å². The number of carbonyl (C=O) groups is 1. The Labute approximate surface area is 109 Å². The van der Waals surface area contributed by atoms with Crippen LogP contribution in [0.5, 0.6) is 0 Å². The van der Waals surface area contributed by atoms with Gasteiger partial charge in [0.15, 0.2) is 0 Å². The van der Waals surface area contributed by atoms with Crippen molar-refractivity contribution in [2.24, 2.45) is 0 Å². The van der Waals surface area contributed by atoms with E-state index in [1.54, 1.807) is 0 Å². The highest BCUT2D eigenvalue weighted by atomic mass is 16.5. The Kier molecular flexibility index (Phi) is 7.57. The van der Waals surface area contributed by atoms with Crippen LogP contribution in [0.2, 0.25) is 0 Å². The van der Waals surface area contributed by atoms with Crippen LogP contribution >= 0.6 is 0 Å². The van der Waals surface area contributed by atoms with E-state index in [0.29, 0.717) is 6.54 Å². The lowest BCUT2D eigenvalue weighted by molar-refractivity contribution is -0.116. The molecule has 0 atom stereocenters. The number of ether oxygens (including phenoxy) is 1. The number of rotatable bonds is 9. The van der Waals surface area contributed by atoms with Crippen molar-refractivity contribution in [1.29, 1.82) is 0 Å². The van der Waals surface area contributed by atoms with E-state index in [9.17, 15) is 4.79 Å². The van der Waals surface area contributed by atoms with Crippen LogP contribution in [0.1, 0.15) is 18.4 Å². The first-order chi connectivity index (χ1) is 8.83. The molecule has 0 aliphatic carbocycles. The highest BCUT2D eigenvalue weighted by Crippen LogP contribution is 2.00. The third-order valence-corrected chi connectivity index (χ3v) is 2.58. The highest BCUT2D eigenvalue weighted by molar-refractivity contribution is 5.86. The fraction of sp³-hybridized carbons (Fsp3) is 0.400. The molecule has 0 saturated carbocycles. The standard InChI is InChI=1S/C15H21NO2/c1-2-15(17)16-11-6-7-12-18-13-10-14-8-4-3-5-9-14/h2-5,8-9H,1,6-7,10-13H2,(H,16,17). The first-order valence-electron chi connectivity index (χ1n) is 6.35. The second kappa shape index (κ2) is 9.42. The maximum absolute atomic E-state index is 10.8. The fourth-order valence-corrected chi connectivity index (χ4v) is 1.55. The maximum atomic E-state index is 10.8. The number of hydrogen-bond donors (Lipinski definition) is 1. The molecule has 1 N–H and O–H groups in total. The summed E-state index contributed by atoms with van der Waals surface area (Å²) >= 11 is 0. The summed E-state index contributed by atoms with van der Waals surface area (Å²) in [6.07, 6.45) is 4.14. The van der Waals surface area contributed by atoms with Gasteiger partial charge in [0.1, 0.15) is 0 Å². The van der Waals surface area contributed by atoms with Gasteiger partial charge in [-0.25, -0.2) is 0 Å². The molecular weight excluding hydrogens is 226 g/mol. The summed E-state index contributed by atoms with van der Waals surface area (Å²) in [7, 11) is 0. The van der Waals surface area contributed by atoms with Crippen molar-refractivity contribution in [3.05, 3.63) is 48.6 Å². The molecule has 0 aliphatic rings. The van der Waals surface area contributed by atoms with Crippen molar-refractivity contribution in [1.82, 2.24) is 5.32 Å². The van der Waals surface area contributed by atoms with Gasteiger partial charge in [0, 0.05) is 13.2 Å². The fourth-order valence-electron chi connectivity index (χ4n) is 1.55. The number of nitrogens with one attached hydrogen (secondary N) is 1. The van der Waals surface area contributed by atoms with Crippen LogP contribution in [-0.2, 0) is 16.0 Å². The second-order valence-corrected chi connectivity index (χ2v) is 4.05. The van der Waals surface area contributed by atoms with Gasteiger partial charge >= 0.3 is 0 Å². The van der Waals surface area contributed by atoms with Crippen LogP contribution in [0.25, 0.3) is 0 Å². The molecule has 1 aromatic rings. The summed E-state index contributed by atoms with van der Waals surface area (Å²) in [5.74, 6) is -0.111. The number of carbonyl (C=O) groups excluding carboxylic acids is 1. The quantitative estimate of drug-likeness (QED) is 0.537. The number of amides is 1. The molecule has 0 radical (unpaired) electrons. The van der Waals surface area contributed by atoms with Gasteiger partial charge in [0.25, 0.3) is 0 Å². The molecule has 0 spiro atoms. The summed E-state index contributed by atoms with van der Waals surface area (Å²) in [5.41, 5.74) is 1.30. The molecule has 1 aromatic carbocycles. The average Bonchev–Trinajstić information content (AvgIpc) is 2.42. The van der Waals surface area contributed by atoms with E-state index in [1.807, 2.05) is 18.2 Å². The van der Waals surface area contributed by atoms with Crippen LogP contribution in [-0.4, -0.2) is 25.7 Å². The summed E-state index contributed by atoms with van der Waals surface area (Å²) in [6.45, 7) is 5.58. The second-order valence-electron chi connectivity index (χ2n) is 4.05. The molecule has 0 heterocycles. The Morgan fingerprint density at radius 2 is 2.00 bits per heavy atom. The molecule has 1 amide bonds. The summed E-state index contributed by atoms with van der Waals surface area (Å²) in [5, 5.41) is 2.74. The molecule has 1 rings (SSSR count). The molecular formula is C15H21NO2. The van der Waals surface area contributed by atoms with Gasteiger partial charge < -0.3 is 10.1 Å². The van der Waals surface area contributed by atoms with E-state index >= 15 is 0 Å². The molecule has 3 nitrogen and oxygen atoms in total. The van der Waals surface area contributed by atoms with Crippen LogP contribution in [0.15, 0.2) is 43.0 Å². The Balaban J connectivity index is 1.90. The SMILES string of the molecule is C=CC(=O)NCCCCOCCc1ccccc1. The summed E-state index contributed by atoms with van der Waals surface area (Å²) in [6, 6.07) is 10.3. The minimum Gasteiger partial charge on any atom is -0.381 e. The van der Waals surface area contributed by atoms with Crippen molar-refractivity contribution < 1.29 is 9.53 Å². The Bertz CT molecular complexity index is 349. The maximum Gasteiger partial charge on any atom is 0.243 e. The predicted octanol–water partition coefficient (Wildman–Crippen LogP) is 2.33. The Morgan fingerprint density at radius 3 is 2.72 bits per heavy atom. The van der Waals surface area contributed by atoms with E-state index in [-0.39, 0.29) is 5.91 Å². The molecule has 0 aliphatic heterocycles. The van der Waals surface area contributed by atoms with E-state index in [1.165, 1.54) is 11.6 Å². The zero-order chi connectivity index (χ0) is 13.1. The van der Waals surface area contributed by atoms with Gasteiger partial charge in [-0.2, -0.15) is 0 Å². The molecule has 0 fully saturated rings. The lowest BCUT2D eigenvalue weighted by atomic mass is 10.2. The Hall–Kier alpha value is -1.61. The molecule has 0 bridgehead atoms. The Morgan fingerprint density at radius 1 is 1.22 bits per heavy atom. The van der Waals surface area contributed by atoms with Gasteiger partial charge in [0.05, 0.1) is 6.61 Å². The summed E-state index contributed by atoms with van der Waals surface area (Å²) in [4.78, 5) is 10.8. The normalized spacial score (nSPS) is 10.0. The smallest absolute Gasteiger partial charge is 0.243 e. The zero-order valence-electron chi connectivity index (χ0n) is 10.7. The first-order valence-corrected chi connectivity index (χ1v) is 6.35. The zero-order valence-corrected chi connectivity index (χ0v) is 10.7. The third-order valence-electron chi connectivity index (χ3n) is 2.58. The van der Waals surface area contributed by atoms with Crippen molar-refractivity contribution in [2.45, 2.75) is 19.3 Å². The highest BCUT2D eigenvalue weighted by Gasteiger charge is 1.94. The first kappa shape index (κ1) is 14.5. The van der Waals surface area contributed by atoms with Gasteiger partial charge in [-0.15, -0.1) is 0 Å². The molecule has 0 unspecified atom stereocenters. The number of hydrogen-bond acceptors (Lipinski definition) is 2. The van der Waals surface area contributed by atoms with E-state index in [0.717, 1.165) is 32.5 Å². The lowest BCUT2D eigenvalue weighted by Gasteiger charge is -2.05. The van der Waals surface area contributed by atoms with Crippen molar-refractivity contribution >= 4 is 5.91 Å². The molecule has 98 valence electrons. The van der Waals surface area contributed by atoms with Gasteiger partial charge in [-0.1, -0.05) is 36.9 Å². The topological polar surface area (TPSA) is 38.3 Å². The monoisotopic (exact) mass is 247 g/mol. The molecule has 0 aromatic heterocycles. The van der Waals surface area contributed by atoms with Crippen LogP contribution in [0, 0.1) is 0 Å². The predicted molar refractivity (Wildman–Crippen MR) is 73.4 cm³/mol.